The second-order valence-electron chi connectivity index (χ2n) is 4.21. The van der Waals surface area contributed by atoms with Gasteiger partial charge in [0.15, 0.2) is 11.3 Å². The second-order valence-corrected chi connectivity index (χ2v) is 4.21. The Labute approximate surface area is 98.8 Å². The number of aryl methyl sites for hydroxylation is 2. The Morgan fingerprint density at radius 3 is 2.53 bits per heavy atom. The highest BCUT2D eigenvalue weighted by Crippen LogP contribution is 2.20. The van der Waals surface area contributed by atoms with E-state index in [1.807, 2.05) is 0 Å². The molecule has 2 aromatic heterocycles. The van der Waals surface area contributed by atoms with Gasteiger partial charge in [0.1, 0.15) is 0 Å². The number of imidazole rings is 1. The van der Waals surface area contributed by atoms with Crippen molar-refractivity contribution in [3.05, 3.63) is 41.9 Å². The minimum absolute atomic E-state index is 0.651. The summed E-state index contributed by atoms with van der Waals surface area (Å²) in [5.74, 6) is 0. The Balaban J connectivity index is 2.19. The molecule has 0 amide bonds. The molecule has 0 unspecified atom stereocenters. The number of benzene rings is 1. The number of hydrogen-bond acceptors (Lipinski definition) is 3. The van der Waals surface area contributed by atoms with E-state index in [1.54, 1.807) is 12.5 Å². The molecule has 0 bridgehead atoms. The van der Waals surface area contributed by atoms with Crippen LogP contribution in [0.15, 0.2) is 30.7 Å². The first kappa shape index (κ1) is 9.96. The zero-order chi connectivity index (χ0) is 11.8. The van der Waals surface area contributed by atoms with Crippen molar-refractivity contribution in [3.8, 4) is 11.3 Å². The van der Waals surface area contributed by atoms with Crippen molar-refractivity contribution in [3.63, 3.8) is 0 Å². The first-order chi connectivity index (χ1) is 8.22. The van der Waals surface area contributed by atoms with Crippen LogP contribution in [0.25, 0.3) is 22.6 Å². The van der Waals surface area contributed by atoms with Gasteiger partial charge in [-0.3, -0.25) is 0 Å². The smallest absolute Gasteiger partial charge is 0.197 e. The van der Waals surface area contributed by atoms with E-state index >= 15 is 0 Å². The lowest BCUT2D eigenvalue weighted by Crippen LogP contribution is -1.89. The third-order valence-electron chi connectivity index (χ3n) is 2.66. The summed E-state index contributed by atoms with van der Waals surface area (Å²) >= 11 is 0. The van der Waals surface area contributed by atoms with Crippen LogP contribution < -0.4 is 0 Å². The van der Waals surface area contributed by atoms with Crippen LogP contribution in [0.4, 0.5) is 0 Å². The van der Waals surface area contributed by atoms with Crippen LogP contribution in [0.5, 0.6) is 0 Å². The van der Waals surface area contributed by atoms with Gasteiger partial charge in [-0.05, 0) is 26.0 Å². The third kappa shape index (κ3) is 1.78. The van der Waals surface area contributed by atoms with E-state index in [9.17, 15) is 0 Å². The number of hydrogen-bond donors (Lipinski definition) is 1. The highest BCUT2D eigenvalue weighted by Gasteiger charge is 2.05. The molecule has 0 aliphatic heterocycles. The van der Waals surface area contributed by atoms with Crippen LogP contribution in [-0.4, -0.2) is 19.9 Å². The van der Waals surface area contributed by atoms with Crippen molar-refractivity contribution in [1.29, 1.82) is 0 Å². The number of nitrogens with one attached hydrogen (secondary N) is 1. The molecule has 0 radical (unpaired) electrons. The number of H-pyrrole nitrogens is 1. The highest BCUT2D eigenvalue weighted by atomic mass is 15.0. The van der Waals surface area contributed by atoms with Gasteiger partial charge in [-0.2, -0.15) is 0 Å². The van der Waals surface area contributed by atoms with Gasteiger partial charge >= 0.3 is 0 Å². The molecule has 84 valence electrons. The Bertz CT molecular complexity index is 664. The summed E-state index contributed by atoms with van der Waals surface area (Å²) in [6.07, 6.45) is 3.37. The average molecular weight is 224 g/mol. The van der Waals surface area contributed by atoms with Crippen molar-refractivity contribution in [2.45, 2.75) is 13.8 Å². The fraction of sp³-hybridized carbons (Fsp3) is 0.154. The second kappa shape index (κ2) is 3.66. The van der Waals surface area contributed by atoms with Gasteiger partial charge in [0, 0.05) is 5.56 Å². The Hall–Kier alpha value is -2.23. The lowest BCUT2D eigenvalue weighted by Gasteiger charge is -2.03. The van der Waals surface area contributed by atoms with E-state index in [4.69, 9.17) is 0 Å². The van der Waals surface area contributed by atoms with Crippen molar-refractivity contribution >= 4 is 11.3 Å². The fourth-order valence-electron chi connectivity index (χ4n) is 1.99. The molecular formula is C13H12N4. The molecule has 0 saturated heterocycles. The number of nitrogens with zero attached hydrogens (tertiary/aromatic N) is 3. The van der Waals surface area contributed by atoms with Crippen LogP contribution in [0.2, 0.25) is 0 Å². The molecule has 3 rings (SSSR count). The normalized spacial score (nSPS) is 10.9. The molecule has 0 aliphatic carbocycles. The van der Waals surface area contributed by atoms with E-state index < -0.39 is 0 Å². The summed E-state index contributed by atoms with van der Waals surface area (Å²) in [6.45, 7) is 4.16. The van der Waals surface area contributed by atoms with Crippen molar-refractivity contribution < 1.29 is 0 Å². The SMILES string of the molecule is Cc1cc(C)cc(-c2cnc3nc[nH]c3n2)c1. The Kier molecular flexibility index (Phi) is 2.14. The third-order valence-corrected chi connectivity index (χ3v) is 2.66. The van der Waals surface area contributed by atoms with E-state index in [0.29, 0.717) is 5.65 Å². The minimum Gasteiger partial charge on any atom is -0.328 e. The molecule has 4 nitrogen and oxygen atoms in total. The predicted molar refractivity (Wildman–Crippen MR) is 66.6 cm³/mol. The lowest BCUT2D eigenvalue weighted by atomic mass is 10.1. The molecule has 4 heteroatoms. The molecule has 2 heterocycles. The van der Waals surface area contributed by atoms with E-state index in [1.165, 1.54) is 11.1 Å². The van der Waals surface area contributed by atoms with Crippen LogP contribution in [0.3, 0.4) is 0 Å². The molecule has 0 atom stereocenters. The summed E-state index contributed by atoms with van der Waals surface area (Å²) in [6, 6.07) is 6.37. The molecule has 17 heavy (non-hydrogen) atoms. The van der Waals surface area contributed by atoms with Crippen molar-refractivity contribution in [1.82, 2.24) is 19.9 Å². The molecule has 1 aromatic carbocycles. The molecular weight excluding hydrogens is 212 g/mol. The van der Waals surface area contributed by atoms with Gasteiger partial charge in [0.25, 0.3) is 0 Å². The summed E-state index contributed by atoms with van der Waals surface area (Å²) in [5.41, 5.74) is 5.79. The molecule has 0 aliphatic rings. The fourth-order valence-corrected chi connectivity index (χ4v) is 1.99. The highest BCUT2D eigenvalue weighted by molar-refractivity contribution is 5.70. The first-order valence-electron chi connectivity index (χ1n) is 5.47. The Morgan fingerprint density at radius 1 is 1.00 bits per heavy atom. The molecule has 0 spiro atoms. The minimum atomic E-state index is 0.651. The maximum absolute atomic E-state index is 4.51. The maximum Gasteiger partial charge on any atom is 0.197 e. The zero-order valence-electron chi connectivity index (χ0n) is 9.73. The number of fused-ring (bicyclic) bond motifs is 1. The van der Waals surface area contributed by atoms with Crippen LogP contribution in [-0.2, 0) is 0 Å². The quantitative estimate of drug-likeness (QED) is 0.691. The van der Waals surface area contributed by atoms with Crippen LogP contribution >= 0.6 is 0 Å². The van der Waals surface area contributed by atoms with Gasteiger partial charge in [-0.15, -0.1) is 0 Å². The van der Waals surface area contributed by atoms with E-state index in [-0.39, 0.29) is 0 Å². The van der Waals surface area contributed by atoms with Crippen LogP contribution in [0, 0.1) is 13.8 Å². The molecule has 0 saturated carbocycles. The van der Waals surface area contributed by atoms with Gasteiger partial charge in [0.05, 0.1) is 18.2 Å². The van der Waals surface area contributed by atoms with Gasteiger partial charge in [-0.1, -0.05) is 17.2 Å². The van der Waals surface area contributed by atoms with Crippen molar-refractivity contribution in [2.24, 2.45) is 0 Å². The van der Waals surface area contributed by atoms with Gasteiger partial charge in [-0.25, -0.2) is 15.0 Å². The maximum atomic E-state index is 4.51. The summed E-state index contributed by atoms with van der Waals surface area (Å²) < 4.78 is 0. The summed E-state index contributed by atoms with van der Waals surface area (Å²) in [4.78, 5) is 15.8. The van der Waals surface area contributed by atoms with E-state index in [0.717, 1.165) is 16.9 Å². The molecule has 1 N–H and O–H groups in total. The van der Waals surface area contributed by atoms with Crippen LogP contribution in [0.1, 0.15) is 11.1 Å². The molecule has 0 fully saturated rings. The Morgan fingerprint density at radius 2 is 1.76 bits per heavy atom. The summed E-state index contributed by atoms with van der Waals surface area (Å²) in [7, 11) is 0. The standard InChI is InChI=1S/C13H12N4/c1-8-3-9(2)5-10(4-8)11-6-14-12-13(17-11)16-7-15-12/h3-7H,1-2H3,(H,14,15,16,17). The predicted octanol–water partition coefficient (Wildman–Crippen LogP) is 2.64. The average Bonchev–Trinajstić information content (AvgIpc) is 2.74. The lowest BCUT2D eigenvalue weighted by molar-refractivity contribution is 1.25. The zero-order valence-corrected chi connectivity index (χ0v) is 9.73. The van der Waals surface area contributed by atoms with Crippen molar-refractivity contribution in [2.75, 3.05) is 0 Å². The first-order valence-corrected chi connectivity index (χ1v) is 5.47. The largest absolute Gasteiger partial charge is 0.328 e. The number of rotatable bonds is 1. The topological polar surface area (TPSA) is 54.5 Å². The summed E-state index contributed by atoms with van der Waals surface area (Å²) in [5, 5.41) is 0. The van der Waals surface area contributed by atoms with E-state index in [2.05, 4.69) is 52.0 Å². The number of aromatic amines is 1. The number of aromatic nitrogens is 4. The molecule has 3 aromatic rings. The van der Waals surface area contributed by atoms with Gasteiger partial charge in [0.2, 0.25) is 0 Å². The van der Waals surface area contributed by atoms with Gasteiger partial charge < -0.3 is 4.98 Å². The monoisotopic (exact) mass is 224 g/mol.